The van der Waals surface area contributed by atoms with Gasteiger partial charge in [-0.2, -0.15) is 0 Å². The summed E-state index contributed by atoms with van der Waals surface area (Å²) in [6, 6.07) is 2.78. The number of phenolic OH excluding ortho intramolecular Hbond substituents is 1. The van der Waals surface area contributed by atoms with E-state index < -0.39 is 36.2 Å². The highest BCUT2D eigenvalue weighted by molar-refractivity contribution is 5.62. The lowest BCUT2D eigenvalue weighted by Crippen LogP contribution is -2.76. The van der Waals surface area contributed by atoms with Crippen molar-refractivity contribution in [3.8, 4) is 11.5 Å². The Morgan fingerprint density at radius 1 is 1.41 bits per heavy atom. The molecule has 0 aromatic heterocycles. The van der Waals surface area contributed by atoms with Crippen molar-refractivity contribution in [3.05, 3.63) is 23.3 Å². The Bertz CT molecular complexity index is 769. The van der Waals surface area contributed by atoms with Crippen LogP contribution in [0, 0.1) is 0 Å². The number of hydrogen-bond acceptors (Lipinski definition) is 5. The van der Waals surface area contributed by atoms with Gasteiger partial charge >= 0.3 is 0 Å². The first-order chi connectivity index (χ1) is 11.7. The third-order valence-electron chi connectivity index (χ3n) is 6.43. The third kappa shape index (κ3) is 1.17. The van der Waals surface area contributed by atoms with Gasteiger partial charge in [0.1, 0.15) is 6.10 Å². The van der Waals surface area contributed by atoms with Gasteiger partial charge < -0.3 is 25.0 Å². The molecular weight excluding hydrogens is 282 g/mol. The second-order valence-corrected chi connectivity index (χ2v) is 7.15. The molecule has 1 aromatic carbocycles. The summed E-state index contributed by atoms with van der Waals surface area (Å²) in [4.78, 5) is 1.43. The van der Waals surface area contributed by atoms with E-state index in [0.717, 1.165) is 11.1 Å². The lowest BCUT2D eigenvalue weighted by Gasteiger charge is -2.63. The molecule has 5 nitrogen and oxygen atoms in total. The Labute approximate surface area is 133 Å². The monoisotopic (exact) mass is 306 g/mol. The highest BCUT2D eigenvalue weighted by atomic mass is 16.5. The molecule has 1 saturated heterocycles. The van der Waals surface area contributed by atoms with E-state index in [1.165, 1.54) is 4.90 Å². The fourth-order valence-electron chi connectivity index (χ4n) is 5.52. The molecule has 2 fully saturated rings. The predicted octanol–water partition coefficient (Wildman–Crippen LogP) is 0.537. The summed E-state index contributed by atoms with van der Waals surface area (Å²) in [5, 5.41) is 32.6. The Morgan fingerprint density at radius 3 is 3.09 bits per heavy atom. The largest absolute Gasteiger partial charge is 0.504 e. The van der Waals surface area contributed by atoms with E-state index in [1.54, 1.807) is 12.1 Å². The number of hydrogen-bond donors (Lipinski definition) is 3. The van der Waals surface area contributed by atoms with Crippen molar-refractivity contribution in [2.24, 2.45) is 0 Å². The predicted molar refractivity (Wildman–Crippen MR) is 79.1 cm³/mol. The minimum absolute atomic E-state index is 0.00813. The SMILES string of the molecule is [2H]C([2H])([2H])N1CC[C@]23c4c5ccc(O)c4O[C@H]2C(O)CC[C@@]3(O)[C@@H]1C5. The van der Waals surface area contributed by atoms with Crippen LogP contribution in [-0.2, 0) is 11.8 Å². The highest BCUT2D eigenvalue weighted by Crippen LogP contribution is 2.65. The lowest BCUT2D eigenvalue weighted by atomic mass is 9.49. The number of ether oxygens (including phenoxy) is 1. The fourth-order valence-corrected chi connectivity index (χ4v) is 5.52. The van der Waals surface area contributed by atoms with Crippen LogP contribution >= 0.6 is 0 Å². The van der Waals surface area contributed by atoms with Crippen LogP contribution in [0.3, 0.4) is 0 Å². The number of likely N-dealkylation sites (N-methyl/N-ethyl adjacent to an activating group) is 1. The fraction of sp³-hybridized carbons (Fsp3) is 0.647. The summed E-state index contributed by atoms with van der Waals surface area (Å²) in [5.74, 6) is 0.358. The molecule has 2 aliphatic carbocycles. The van der Waals surface area contributed by atoms with Gasteiger partial charge in [0.15, 0.2) is 11.5 Å². The van der Waals surface area contributed by atoms with Crippen LogP contribution in [-0.4, -0.2) is 57.6 Å². The molecule has 2 aliphatic heterocycles. The van der Waals surface area contributed by atoms with E-state index in [0.29, 0.717) is 38.0 Å². The summed E-state index contributed by atoms with van der Waals surface area (Å²) in [6.07, 6.45) is 0.0282. The van der Waals surface area contributed by atoms with Gasteiger partial charge in [-0.1, -0.05) is 6.07 Å². The summed E-state index contributed by atoms with van der Waals surface area (Å²) < 4.78 is 29.7. The van der Waals surface area contributed by atoms with Gasteiger partial charge in [0.2, 0.25) is 0 Å². The quantitative estimate of drug-likeness (QED) is 0.652. The van der Waals surface area contributed by atoms with Crippen molar-refractivity contribution in [2.45, 2.75) is 54.9 Å². The van der Waals surface area contributed by atoms with Crippen LogP contribution in [0.5, 0.6) is 11.5 Å². The van der Waals surface area contributed by atoms with E-state index in [2.05, 4.69) is 0 Å². The molecule has 0 amide bonds. The average molecular weight is 306 g/mol. The van der Waals surface area contributed by atoms with E-state index in [-0.39, 0.29) is 5.75 Å². The number of rotatable bonds is 0. The molecule has 2 bridgehead atoms. The van der Waals surface area contributed by atoms with E-state index >= 15 is 0 Å². The van der Waals surface area contributed by atoms with Gasteiger partial charge in [-0.3, -0.25) is 0 Å². The zero-order valence-electron chi connectivity index (χ0n) is 15.1. The zero-order chi connectivity index (χ0) is 17.8. The van der Waals surface area contributed by atoms with Crippen LogP contribution in [0.4, 0.5) is 0 Å². The number of phenols is 1. The first-order valence-corrected chi connectivity index (χ1v) is 7.89. The minimum Gasteiger partial charge on any atom is -0.504 e. The summed E-state index contributed by atoms with van der Waals surface area (Å²) in [5.41, 5.74) is -0.484. The molecule has 22 heavy (non-hydrogen) atoms. The number of benzene rings is 1. The Balaban J connectivity index is 1.79. The maximum Gasteiger partial charge on any atom is 0.165 e. The smallest absolute Gasteiger partial charge is 0.165 e. The second kappa shape index (κ2) is 3.78. The van der Waals surface area contributed by atoms with E-state index in [9.17, 15) is 15.3 Å². The van der Waals surface area contributed by atoms with E-state index in [1.807, 2.05) is 0 Å². The van der Waals surface area contributed by atoms with Gasteiger partial charge in [-0.15, -0.1) is 0 Å². The molecule has 0 radical (unpaired) electrons. The van der Waals surface area contributed by atoms with Gasteiger partial charge in [-0.05, 0) is 50.8 Å². The van der Waals surface area contributed by atoms with Gasteiger partial charge in [-0.25, -0.2) is 0 Å². The minimum atomic E-state index is -2.29. The van der Waals surface area contributed by atoms with Gasteiger partial charge in [0.25, 0.3) is 0 Å². The number of nitrogens with zero attached hydrogens (tertiary/aromatic N) is 1. The molecule has 1 unspecified atom stereocenters. The van der Waals surface area contributed by atoms with Crippen molar-refractivity contribution >= 4 is 0 Å². The molecule has 3 N–H and O–H groups in total. The third-order valence-corrected chi connectivity index (χ3v) is 6.43. The molecule has 1 aromatic rings. The second-order valence-electron chi connectivity index (χ2n) is 7.15. The van der Waals surface area contributed by atoms with Crippen LogP contribution in [0.25, 0.3) is 0 Å². The molecule has 118 valence electrons. The summed E-state index contributed by atoms with van der Waals surface area (Å²) in [7, 11) is 0. The Morgan fingerprint density at radius 2 is 2.27 bits per heavy atom. The van der Waals surface area contributed by atoms with Gasteiger partial charge in [0.05, 0.1) is 17.1 Å². The maximum absolute atomic E-state index is 11.8. The molecule has 2 heterocycles. The normalized spacial score (nSPS) is 47.9. The van der Waals surface area contributed by atoms with Crippen LogP contribution < -0.4 is 4.74 Å². The molecule has 5 rings (SSSR count). The topological polar surface area (TPSA) is 73.2 Å². The molecule has 5 atom stereocenters. The number of aromatic hydroxyl groups is 1. The van der Waals surface area contributed by atoms with Crippen LogP contribution in [0.15, 0.2) is 12.1 Å². The Kier molecular flexibility index (Phi) is 1.80. The first kappa shape index (κ1) is 10.5. The van der Waals surface area contributed by atoms with Crippen LogP contribution in [0.1, 0.15) is 34.5 Å². The number of likely N-dealkylation sites (tertiary alicyclic amines) is 1. The number of aliphatic hydroxyl groups excluding tert-OH is 1. The molecule has 5 heteroatoms. The van der Waals surface area contributed by atoms with Crippen molar-refractivity contribution in [1.82, 2.24) is 4.90 Å². The van der Waals surface area contributed by atoms with Gasteiger partial charge in [0, 0.05) is 15.7 Å². The lowest BCUT2D eigenvalue weighted by molar-refractivity contribution is -0.204. The first-order valence-electron chi connectivity index (χ1n) is 9.39. The Hall–Kier alpha value is -1.30. The molecule has 1 saturated carbocycles. The highest BCUT2D eigenvalue weighted by Gasteiger charge is 2.72. The zero-order valence-corrected chi connectivity index (χ0v) is 12.1. The van der Waals surface area contributed by atoms with Crippen LogP contribution in [0.2, 0.25) is 0 Å². The molecule has 4 aliphatic rings. The number of piperidine rings is 1. The maximum atomic E-state index is 11.8. The summed E-state index contributed by atoms with van der Waals surface area (Å²) >= 11 is 0. The summed E-state index contributed by atoms with van der Waals surface area (Å²) in [6.45, 7) is -1.99. The van der Waals surface area contributed by atoms with E-state index in [4.69, 9.17) is 8.85 Å². The average Bonchev–Trinajstić information content (AvgIpc) is 2.87. The number of aliphatic hydroxyl groups is 2. The van der Waals surface area contributed by atoms with Crippen molar-refractivity contribution in [2.75, 3.05) is 13.5 Å². The standard InChI is InChI=1S/C17H21NO4/c1-18-7-6-16-13-9-2-3-10(19)14(13)22-15(16)11(20)4-5-17(16,21)12(18)8-9/h2-3,11-12,15,19-21H,4-8H2,1H3/t11?,12-,15-,16-,17+/m0/s1/i1D3. The molecular formula is C17H21NO4. The molecule has 1 spiro atoms. The van der Waals surface area contributed by atoms with Crippen molar-refractivity contribution in [1.29, 1.82) is 0 Å². The van der Waals surface area contributed by atoms with Crippen molar-refractivity contribution < 1.29 is 24.2 Å². The van der Waals surface area contributed by atoms with Crippen molar-refractivity contribution in [3.63, 3.8) is 0 Å².